The van der Waals surface area contributed by atoms with Crippen LogP contribution >= 0.6 is 0 Å². The standard InChI is InChI=1S/C13H14N2O3/c1-13(2,3)17-12(16)18-15-11(9-14)10-7-5-4-6-8-10/h4-8H,1-3H3/b15-11-. The maximum atomic E-state index is 11.2. The summed E-state index contributed by atoms with van der Waals surface area (Å²) in [4.78, 5) is 15.8. The average Bonchev–Trinajstić information content (AvgIpc) is 2.29. The fourth-order valence-electron chi connectivity index (χ4n) is 1.09. The lowest BCUT2D eigenvalue weighted by Crippen LogP contribution is -2.23. The highest BCUT2D eigenvalue weighted by Gasteiger charge is 2.18. The number of hydrogen-bond donors (Lipinski definition) is 0. The van der Waals surface area contributed by atoms with Crippen LogP contribution in [0.15, 0.2) is 35.5 Å². The number of benzene rings is 1. The van der Waals surface area contributed by atoms with Gasteiger partial charge >= 0.3 is 6.16 Å². The summed E-state index contributed by atoms with van der Waals surface area (Å²) in [6.07, 6.45) is -0.939. The summed E-state index contributed by atoms with van der Waals surface area (Å²) >= 11 is 0. The molecule has 0 N–H and O–H groups in total. The Morgan fingerprint density at radius 1 is 1.28 bits per heavy atom. The van der Waals surface area contributed by atoms with Crippen LogP contribution in [0.3, 0.4) is 0 Å². The molecule has 18 heavy (non-hydrogen) atoms. The second kappa shape index (κ2) is 5.82. The maximum Gasteiger partial charge on any atom is 0.535 e. The number of rotatable bonds is 2. The summed E-state index contributed by atoms with van der Waals surface area (Å²) in [5, 5.41) is 12.4. The minimum atomic E-state index is -0.939. The Kier molecular flexibility index (Phi) is 4.44. The van der Waals surface area contributed by atoms with Crippen molar-refractivity contribution in [2.45, 2.75) is 26.4 Å². The first-order valence-corrected chi connectivity index (χ1v) is 5.36. The summed E-state index contributed by atoms with van der Waals surface area (Å²) in [5.74, 6) is 0. The first-order valence-electron chi connectivity index (χ1n) is 5.36. The van der Waals surface area contributed by atoms with Gasteiger partial charge in [-0.05, 0) is 20.8 Å². The lowest BCUT2D eigenvalue weighted by atomic mass is 10.1. The molecule has 1 aromatic carbocycles. The van der Waals surface area contributed by atoms with Crippen molar-refractivity contribution in [1.82, 2.24) is 0 Å². The van der Waals surface area contributed by atoms with E-state index in [2.05, 4.69) is 9.99 Å². The quantitative estimate of drug-likeness (QED) is 0.348. The van der Waals surface area contributed by atoms with E-state index in [1.165, 1.54) is 0 Å². The summed E-state index contributed by atoms with van der Waals surface area (Å²) in [6.45, 7) is 5.13. The normalized spacial score (nSPS) is 11.6. The Labute approximate surface area is 106 Å². The molecule has 5 nitrogen and oxygen atoms in total. The highest BCUT2D eigenvalue weighted by molar-refractivity contribution is 6.11. The van der Waals surface area contributed by atoms with Crippen molar-refractivity contribution in [2.75, 3.05) is 0 Å². The van der Waals surface area contributed by atoms with Crippen molar-refractivity contribution in [3.63, 3.8) is 0 Å². The first kappa shape index (κ1) is 13.7. The molecule has 0 aliphatic rings. The Morgan fingerprint density at radius 3 is 2.39 bits per heavy atom. The Balaban J connectivity index is 2.71. The molecule has 0 saturated carbocycles. The van der Waals surface area contributed by atoms with E-state index in [4.69, 9.17) is 10.00 Å². The second-order valence-corrected chi connectivity index (χ2v) is 4.47. The van der Waals surface area contributed by atoms with Crippen LogP contribution in [-0.2, 0) is 9.57 Å². The zero-order chi connectivity index (χ0) is 13.6. The minimum Gasteiger partial charge on any atom is -0.427 e. The molecular formula is C13H14N2O3. The van der Waals surface area contributed by atoms with Gasteiger partial charge in [0.05, 0.1) is 0 Å². The largest absolute Gasteiger partial charge is 0.535 e. The predicted octanol–water partition coefficient (Wildman–Crippen LogP) is 2.87. The highest BCUT2D eigenvalue weighted by atomic mass is 16.8. The van der Waals surface area contributed by atoms with Gasteiger partial charge in [0, 0.05) is 5.56 Å². The van der Waals surface area contributed by atoms with E-state index in [1.54, 1.807) is 45.0 Å². The molecule has 0 aliphatic carbocycles. The summed E-state index contributed by atoms with van der Waals surface area (Å²) in [7, 11) is 0. The molecule has 0 unspecified atom stereocenters. The molecule has 0 atom stereocenters. The molecular weight excluding hydrogens is 232 g/mol. The van der Waals surface area contributed by atoms with Crippen LogP contribution in [0.1, 0.15) is 26.3 Å². The Morgan fingerprint density at radius 2 is 1.89 bits per heavy atom. The van der Waals surface area contributed by atoms with E-state index in [0.717, 1.165) is 0 Å². The van der Waals surface area contributed by atoms with E-state index in [0.29, 0.717) is 5.56 Å². The lowest BCUT2D eigenvalue weighted by Gasteiger charge is -2.17. The number of carbonyl (C=O) groups is 1. The lowest BCUT2D eigenvalue weighted by molar-refractivity contribution is -0.00609. The van der Waals surface area contributed by atoms with Crippen molar-refractivity contribution >= 4 is 11.9 Å². The number of nitriles is 1. The Hall–Kier alpha value is -2.35. The second-order valence-electron chi connectivity index (χ2n) is 4.47. The van der Waals surface area contributed by atoms with E-state index < -0.39 is 11.8 Å². The van der Waals surface area contributed by atoms with Crippen molar-refractivity contribution < 1.29 is 14.4 Å². The maximum absolute atomic E-state index is 11.2. The van der Waals surface area contributed by atoms with Gasteiger partial charge in [0.15, 0.2) is 5.71 Å². The first-order chi connectivity index (χ1) is 8.42. The monoisotopic (exact) mass is 246 g/mol. The van der Waals surface area contributed by atoms with Gasteiger partial charge in [-0.25, -0.2) is 4.79 Å². The molecule has 94 valence electrons. The van der Waals surface area contributed by atoms with Gasteiger partial charge in [-0.1, -0.05) is 35.5 Å². The van der Waals surface area contributed by atoms with Crippen LogP contribution in [0.4, 0.5) is 4.79 Å². The van der Waals surface area contributed by atoms with Crippen LogP contribution in [-0.4, -0.2) is 17.5 Å². The van der Waals surface area contributed by atoms with Gasteiger partial charge in [0.25, 0.3) is 0 Å². The molecule has 0 aromatic heterocycles. The predicted molar refractivity (Wildman–Crippen MR) is 65.9 cm³/mol. The third-order valence-electron chi connectivity index (χ3n) is 1.75. The van der Waals surface area contributed by atoms with Gasteiger partial charge < -0.3 is 4.74 Å². The summed E-state index contributed by atoms with van der Waals surface area (Å²) in [5.41, 5.74) is -0.0726. The van der Waals surface area contributed by atoms with E-state index >= 15 is 0 Å². The van der Waals surface area contributed by atoms with Crippen LogP contribution in [0.5, 0.6) is 0 Å². The van der Waals surface area contributed by atoms with Crippen LogP contribution < -0.4 is 0 Å². The van der Waals surface area contributed by atoms with E-state index in [-0.39, 0.29) is 5.71 Å². The van der Waals surface area contributed by atoms with Crippen molar-refractivity contribution in [3.05, 3.63) is 35.9 Å². The van der Waals surface area contributed by atoms with Gasteiger partial charge in [0.1, 0.15) is 11.7 Å². The third kappa shape index (κ3) is 4.66. The third-order valence-corrected chi connectivity index (χ3v) is 1.75. The fraction of sp³-hybridized carbons (Fsp3) is 0.308. The number of oxime groups is 1. The topological polar surface area (TPSA) is 71.7 Å². The fourth-order valence-corrected chi connectivity index (χ4v) is 1.09. The van der Waals surface area contributed by atoms with Crippen LogP contribution in [0.25, 0.3) is 0 Å². The molecule has 0 spiro atoms. The smallest absolute Gasteiger partial charge is 0.427 e. The van der Waals surface area contributed by atoms with Crippen molar-refractivity contribution in [3.8, 4) is 6.07 Å². The molecule has 0 heterocycles. The van der Waals surface area contributed by atoms with Gasteiger partial charge in [-0.2, -0.15) is 5.26 Å². The zero-order valence-electron chi connectivity index (χ0n) is 10.5. The SMILES string of the molecule is CC(C)(C)OC(=O)O/N=C(/C#N)c1ccccc1. The van der Waals surface area contributed by atoms with Gasteiger partial charge in [-0.15, -0.1) is 0 Å². The van der Waals surface area contributed by atoms with Crippen LogP contribution in [0.2, 0.25) is 0 Å². The molecule has 0 fully saturated rings. The molecule has 0 amide bonds. The molecule has 0 bridgehead atoms. The molecule has 0 saturated heterocycles. The molecule has 5 heteroatoms. The van der Waals surface area contributed by atoms with Gasteiger partial charge in [0.2, 0.25) is 0 Å². The van der Waals surface area contributed by atoms with Crippen molar-refractivity contribution in [2.24, 2.45) is 5.16 Å². The summed E-state index contributed by atoms with van der Waals surface area (Å²) < 4.78 is 4.89. The van der Waals surface area contributed by atoms with Gasteiger partial charge in [-0.3, -0.25) is 4.84 Å². The zero-order valence-corrected chi connectivity index (χ0v) is 10.5. The number of carbonyl (C=O) groups excluding carboxylic acids is 1. The van der Waals surface area contributed by atoms with Crippen molar-refractivity contribution in [1.29, 1.82) is 5.26 Å². The Bertz CT molecular complexity index is 481. The molecule has 1 rings (SSSR count). The number of ether oxygens (including phenoxy) is 1. The number of nitrogens with zero attached hydrogens (tertiary/aromatic N) is 2. The minimum absolute atomic E-state index is 0.0152. The average molecular weight is 246 g/mol. The van der Waals surface area contributed by atoms with Crippen LogP contribution in [0, 0.1) is 11.3 Å². The highest BCUT2D eigenvalue weighted by Crippen LogP contribution is 2.08. The molecule has 0 radical (unpaired) electrons. The summed E-state index contributed by atoms with van der Waals surface area (Å²) in [6, 6.07) is 10.6. The van der Waals surface area contributed by atoms with E-state index in [1.807, 2.05) is 12.1 Å². The number of hydrogen-bond acceptors (Lipinski definition) is 5. The molecule has 1 aromatic rings. The molecule has 0 aliphatic heterocycles. The van der Waals surface area contributed by atoms with E-state index in [9.17, 15) is 4.79 Å².